The first-order chi connectivity index (χ1) is 9.98. The fourth-order valence-corrected chi connectivity index (χ4v) is 3.76. The van der Waals surface area contributed by atoms with E-state index in [9.17, 15) is 0 Å². The summed E-state index contributed by atoms with van der Waals surface area (Å²) < 4.78 is 1.80. The highest BCUT2D eigenvalue weighted by Crippen LogP contribution is 2.39. The second-order valence-electron chi connectivity index (χ2n) is 7.05. The Morgan fingerprint density at radius 1 is 1.33 bits per heavy atom. The van der Waals surface area contributed by atoms with E-state index in [4.69, 9.17) is 0 Å². The molecule has 1 fully saturated rings. The summed E-state index contributed by atoms with van der Waals surface area (Å²) in [7, 11) is 0. The number of nitrogens with one attached hydrogen (secondary N) is 1. The van der Waals surface area contributed by atoms with E-state index in [2.05, 4.69) is 46.4 Å². The van der Waals surface area contributed by atoms with Gasteiger partial charge in [-0.05, 0) is 37.5 Å². The Bertz CT molecular complexity index is 632. The summed E-state index contributed by atoms with van der Waals surface area (Å²) in [5.41, 5.74) is 1.95. The zero-order valence-electron chi connectivity index (χ0n) is 13.3. The van der Waals surface area contributed by atoms with Crippen LogP contribution in [0.4, 0.5) is 5.82 Å². The van der Waals surface area contributed by atoms with Crippen molar-refractivity contribution in [1.29, 1.82) is 0 Å². The number of hydrogen-bond donors (Lipinski definition) is 1. The Labute approximate surface area is 125 Å². The largest absolute Gasteiger partial charge is 0.365 e. The smallest absolute Gasteiger partial charge is 0.183 e. The number of anilines is 1. The Kier molecular flexibility index (Phi) is 3.55. The molecule has 0 amide bonds. The van der Waals surface area contributed by atoms with Gasteiger partial charge in [0.15, 0.2) is 17.0 Å². The summed E-state index contributed by atoms with van der Waals surface area (Å²) in [5.74, 6) is 1.55. The Morgan fingerprint density at radius 3 is 2.86 bits per heavy atom. The highest BCUT2D eigenvalue weighted by molar-refractivity contribution is 5.81. The SMILES string of the molecule is CCn1nnc2c(N[C@@H]3C[C@H](C)CC(C)(C)C3)ncnc21. The zero-order chi connectivity index (χ0) is 15.0. The zero-order valence-corrected chi connectivity index (χ0v) is 13.3. The number of rotatable bonds is 3. The van der Waals surface area contributed by atoms with Crippen molar-refractivity contribution in [2.45, 2.75) is 59.5 Å². The second kappa shape index (κ2) is 5.24. The van der Waals surface area contributed by atoms with Crippen LogP contribution < -0.4 is 5.32 Å². The molecule has 0 aliphatic heterocycles. The van der Waals surface area contributed by atoms with Gasteiger partial charge in [0.1, 0.15) is 6.33 Å². The van der Waals surface area contributed by atoms with Gasteiger partial charge in [0.2, 0.25) is 0 Å². The molecule has 1 N–H and O–H groups in total. The lowest BCUT2D eigenvalue weighted by molar-refractivity contribution is 0.178. The molecule has 1 aliphatic rings. The average Bonchev–Trinajstić information content (AvgIpc) is 2.80. The minimum absolute atomic E-state index is 0.377. The molecule has 0 unspecified atom stereocenters. The molecular weight excluding hydrogens is 264 g/mol. The van der Waals surface area contributed by atoms with Crippen LogP contribution in [0, 0.1) is 11.3 Å². The van der Waals surface area contributed by atoms with Crippen molar-refractivity contribution >= 4 is 17.0 Å². The number of nitrogens with zero attached hydrogens (tertiary/aromatic N) is 5. The van der Waals surface area contributed by atoms with Crippen molar-refractivity contribution in [3.05, 3.63) is 6.33 Å². The van der Waals surface area contributed by atoms with Crippen LogP contribution >= 0.6 is 0 Å². The van der Waals surface area contributed by atoms with Crippen LogP contribution in [-0.4, -0.2) is 31.0 Å². The van der Waals surface area contributed by atoms with Crippen molar-refractivity contribution in [2.24, 2.45) is 11.3 Å². The van der Waals surface area contributed by atoms with Crippen LogP contribution in [0.3, 0.4) is 0 Å². The van der Waals surface area contributed by atoms with Gasteiger partial charge in [0.25, 0.3) is 0 Å². The van der Waals surface area contributed by atoms with Gasteiger partial charge in [0.05, 0.1) is 0 Å². The first-order valence-electron chi connectivity index (χ1n) is 7.79. The molecule has 1 aliphatic carbocycles. The Morgan fingerprint density at radius 2 is 2.14 bits per heavy atom. The molecule has 3 rings (SSSR count). The van der Waals surface area contributed by atoms with Crippen molar-refractivity contribution in [1.82, 2.24) is 25.0 Å². The van der Waals surface area contributed by atoms with Gasteiger partial charge in [-0.25, -0.2) is 14.6 Å². The Hall–Kier alpha value is -1.72. The topological polar surface area (TPSA) is 68.5 Å². The molecule has 114 valence electrons. The lowest BCUT2D eigenvalue weighted by Gasteiger charge is -2.39. The van der Waals surface area contributed by atoms with E-state index in [1.807, 2.05) is 6.92 Å². The van der Waals surface area contributed by atoms with Crippen molar-refractivity contribution in [3.8, 4) is 0 Å². The molecule has 0 bridgehead atoms. The third-order valence-corrected chi connectivity index (χ3v) is 4.33. The summed E-state index contributed by atoms with van der Waals surface area (Å²) in [6.45, 7) is 9.83. The number of aromatic nitrogens is 5. The van der Waals surface area contributed by atoms with E-state index in [0.717, 1.165) is 35.9 Å². The molecule has 6 nitrogen and oxygen atoms in total. The van der Waals surface area contributed by atoms with Crippen molar-refractivity contribution in [2.75, 3.05) is 5.32 Å². The van der Waals surface area contributed by atoms with Crippen LogP contribution in [0.2, 0.25) is 0 Å². The summed E-state index contributed by atoms with van der Waals surface area (Å²) in [5, 5.41) is 12.0. The highest BCUT2D eigenvalue weighted by Gasteiger charge is 2.32. The summed E-state index contributed by atoms with van der Waals surface area (Å²) >= 11 is 0. The van der Waals surface area contributed by atoms with E-state index >= 15 is 0 Å². The van der Waals surface area contributed by atoms with Gasteiger partial charge in [0, 0.05) is 12.6 Å². The van der Waals surface area contributed by atoms with E-state index in [-0.39, 0.29) is 0 Å². The monoisotopic (exact) mass is 288 g/mol. The standard InChI is InChI=1S/C15H24N6/c1-5-21-14-12(19-20-21)13(16-9-17-14)18-11-6-10(2)7-15(3,4)8-11/h9-11H,5-8H2,1-4H3,(H,16,17,18)/t10-,11+/m0/s1. The van der Waals surface area contributed by atoms with Crippen LogP contribution in [0.25, 0.3) is 11.2 Å². The fraction of sp³-hybridized carbons (Fsp3) is 0.733. The van der Waals surface area contributed by atoms with E-state index in [1.165, 1.54) is 12.8 Å². The van der Waals surface area contributed by atoms with Crippen molar-refractivity contribution < 1.29 is 0 Å². The first-order valence-corrected chi connectivity index (χ1v) is 7.79. The highest BCUT2D eigenvalue weighted by atomic mass is 15.4. The maximum atomic E-state index is 4.38. The van der Waals surface area contributed by atoms with Gasteiger partial charge >= 0.3 is 0 Å². The van der Waals surface area contributed by atoms with E-state index in [0.29, 0.717) is 11.5 Å². The first kappa shape index (κ1) is 14.2. The van der Waals surface area contributed by atoms with Crippen LogP contribution in [0.15, 0.2) is 6.33 Å². The van der Waals surface area contributed by atoms with Crippen LogP contribution in [-0.2, 0) is 6.54 Å². The van der Waals surface area contributed by atoms with E-state index in [1.54, 1.807) is 11.0 Å². The minimum atomic E-state index is 0.377. The third-order valence-electron chi connectivity index (χ3n) is 4.33. The maximum absolute atomic E-state index is 4.38. The number of fused-ring (bicyclic) bond motifs is 1. The fourth-order valence-electron chi connectivity index (χ4n) is 3.76. The summed E-state index contributed by atoms with van der Waals surface area (Å²) in [6, 6.07) is 0.439. The average molecular weight is 288 g/mol. The molecule has 21 heavy (non-hydrogen) atoms. The van der Waals surface area contributed by atoms with Gasteiger partial charge in [-0.2, -0.15) is 0 Å². The van der Waals surface area contributed by atoms with Crippen LogP contribution in [0.5, 0.6) is 0 Å². The second-order valence-corrected chi connectivity index (χ2v) is 7.05. The van der Waals surface area contributed by atoms with Gasteiger partial charge in [-0.1, -0.05) is 26.0 Å². The maximum Gasteiger partial charge on any atom is 0.183 e. The number of hydrogen-bond acceptors (Lipinski definition) is 5. The van der Waals surface area contributed by atoms with E-state index < -0.39 is 0 Å². The van der Waals surface area contributed by atoms with Gasteiger partial charge < -0.3 is 5.32 Å². The quantitative estimate of drug-likeness (QED) is 0.940. The van der Waals surface area contributed by atoms with Crippen LogP contribution in [0.1, 0.15) is 47.0 Å². The normalized spacial score (nSPS) is 25.1. The molecule has 2 atom stereocenters. The molecule has 0 saturated heterocycles. The molecule has 0 aromatic carbocycles. The molecule has 0 spiro atoms. The third kappa shape index (κ3) is 2.84. The lowest BCUT2D eigenvalue weighted by Crippen LogP contribution is -2.35. The Balaban J connectivity index is 1.86. The van der Waals surface area contributed by atoms with Crippen molar-refractivity contribution in [3.63, 3.8) is 0 Å². The summed E-state index contributed by atoms with van der Waals surface area (Å²) in [6.07, 6.45) is 5.22. The predicted molar refractivity (Wildman–Crippen MR) is 83.0 cm³/mol. The molecular formula is C15H24N6. The molecule has 2 heterocycles. The summed E-state index contributed by atoms with van der Waals surface area (Å²) in [4.78, 5) is 8.68. The predicted octanol–water partition coefficient (Wildman–Crippen LogP) is 2.87. The molecule has 1 saturated carbocycles. The molecule has 2 aromatic rings. The van der Waals surface area contributed by atoms with Gasteiger partial charge in [-0.15, -0.1) is 5.10 Å². The van der Waals surface area contributed by atoms with Gasteiger partial charge in [-0.3, -0.25) is 0 Å². The number of aryl methyl sites for hydroxylation is 1. The minimum Gasteiger partial charge on any atom is -0.365 e. The molecule has 6 heteroatoms. The molecule has 0 radical (unpaired) electrons. The molecule has 2 aromatic heterocycles. The lowest BCUT2D eigenvalue weighted by atomic mass is 9.70.